The Bertz CT molecular complexity index is 1860. The largest absolute Gasteiger partial charge is 0.417 e. The molecule has 2 aromatic heterocycles. The molecule has 1 fully saturated rings. The first-order valence-corrected chi connectivity index (χ1v) is 15.8. The summed E-state index contributed by atoms with van der Waals surface area (Å²) in [4.78, 5) is 42.8. The topological polar surface area (TPSA) is 127 Å². The van der Waals surface area contributed by atoms with Gasteiger partial charge in [-0.15, -0.1) is 0 Å². The summed E-state index contributed by atoms with van der Waals surface area (Å²) in [6, 6.07) is 17.7. The fourth-order valence-electron chi connectivity index (χ4n) is 5.68. The maximum Gasteiger partial charge on any atom is 0.417 e. The first-order valence-electron chi connectivity index (χ1n) is 15.8. The van der Waals surface area contributed by atoms with E-state index in [9.17, 15) is 22.8 Å². The third-order valence-electron chi connectivity index (χ3n) is 8.29. The summed E-state index contributed by atoms with van der Waals surface area (Å²) in [5.41, 5.74) is 9.18. The van der Waals surface area contributed by atoms with Gasteiger partial charge in [-0.05, 0) is 52.9 Å². The van der Waals surface area contributed by atoms with E-state index < -0.39 is 17.7 Å². The highest BCUT2D eigenvalue weighted by Crippen LogP contribution is 2.34. The van der Waals surface area contributed by atoms with Crippen molar-refractivity contribution in [1.29, 1.82) is 0 Å². The molecule has 0 aliphatic carbocycles. The lowest BCUT2D eigenvalue weighted by atomic mass is 9.98. The Labute approximate surface area is 281 Å². The molecule has 4 heterocycles. The number of anilines is 3. The predicted molar refractivity (Wildman–Crippen MR) is 181 cm³/mol. The number of carbonyl (C=O) groups excluding carboxylic acids is 2. The van der Waals surface area contributed by atoms with Crippen molar-refractivity contribution < 1.29 is 27.5 Å². The van der Waals surface area contributed by atoms with Crippen LogP contribution in [0.3, 0.4) is 0 Å². The number of amides is 2. The molecule has 3 N–H and O–H groups in total. The summed E-state index contributed by atoms with van der Waals surface area (Å²) in [7, 11) is 0. The molecule has 10 nitrogen and oxygen atoms in total. The van der Waals surface area contributed by atoms with Crippen molar-refractivity contribution in [3.8, 4) is 11.3 Å². The van der Waals surface area contributed by atoms with Crippen LogP contribution < -0.4 is 16.0 Å². The molecule has 2 aliphatic rings. The molecular weight excluding hydrogens is 635 g/mol. The number of pyridine rings is 1. The van der Waals surface area contributed by atoms with E-state index in [-0.39, 0.29) is 23.8 Å². The zero-order valence-electron chi connectivity index (χ0n) is 26.5. The quantitative estimate of drug-likeness (QED) is 0.239. The number of morpholine rings is 1. The van der Waals surface area contributed by atoms with Gasteiger partial charge in [-0.1, -0.05) is 48.5 Å². The van der Waals surface area contributed by atoms with Gasteiger partial charge in [-0.3, -0.25) is 9.59 Å². The molecule has 2 amide bonds. The number of hydrogen-bond donors (Lipinski definition) is 2. The lowest BCUT2D eigenvalue weighted by molar-refractivity contribution is -0.130. The van der Waals surface area contributed by atoms with Crippen molar-refractivity contribution in [2.75, 3.05) is 55.3 Å². The number of allylic oxidation sites excluding steroid dienone is 1. The number of nitrogens with two attached hydrogens (primary N) is 1. The fraction of sp³-hybridized carbons (Fsp3) is 0.250. The third-order valence-corrected chi connectivity index (χ3v) is 8.29. The minimum Gasteiger partial charge on any atom is -0.378 e. The Morgan fingerprint density at radius 3 is 2.31 bits per heavy atom. The van der Waals surface area contributed by atoms with Gasteiger partial charge < -0.3 is 25.6 Å². The second-order valence-electron chi connectivity index (χ2n) is 11.6. The maximum atomic E-state index is 13.6. The second kappa shape index (κ2) is 14.7. The number of hydrogen-bond acceptors (Lipinski definition) is 8. The monoisotopic (exact) mass is 669 g/mol. The summed E-state index contributed by atoms with van der Waals surface area (Å²) in [6.07, 6.45) is 2.00. The summed E-state index contributed by atoms with van der Waals surface area (Å²) < 4.78 is 46.4. The number of carbonyl (C=O) groups is 2. The number of benzene rings is 2. The van der Waals surface area contributed by atoms with E-state index in [0.29, 0.717) is 50.1 Å². The van der Waals surface area contributed by atoms with Crippen LogP contribution in [0, 0.1) is 0 Å². The molecule has 0 saturated carbocycles. The molecule has 49 heavy (non-hydrogen) atoms. The normalized spacial score (nSPS) is 15.5. The van der Waals surface area contributed by atoms with Gasteiger partial charge in [0.1, 0.15) is 5.82 Å². The number of nitrogens with one attached hydrogen (secondary N) is 1. The molecule has 0 spiro atoms. The number of halogens is 3. The second-order valence-corrected chi connectivity index (χ2v) is 11.6. The predicted octanol–water partition coefficient (Wildman–Crippen LogP) is 5.40. The van der Waals surface area contributed by atoms with Crippen LogP contribution in [0.1, 0.15) is 23.1 Å². The Hall–Kier alpha value is -5.56. The highest BCUT2D eigenvalue weighted by molar-refractivity contribution is 6.04. The minimum atomic E-state index is -4.70. The van der Waals surface area contributed by atoms with E-state index in [0.717, 1.165) is 41.3 Å². The van der Waals surface area contributed by atoms with Crippen molar-refractivity contribution >= 4 is 40.4 Å². The van der Waals surface area contributed by atoms with Gasteiger partial charge >= 0.3 is 6.18 Å². The first-order chi connectivity index (χ1) is 23.6. The van der Waals surface area contributed by atoms with Gasteiger partial charge in [0, 0.05) is 55.9 Å². The number of nitrogen functional groups attached to an aromatic ring is 1. The molecule has 13 heteroatoms. The summed E-state index contributed by atoms with van der Waals surface area (Å²) in [5, 5.41) is 2.48. The van der Waals surface area contributed by atoms with Crippen LogP contribution in [0.4, 0.5) is 30.6 Å². The van der Waals surface area contributed by atoms with Crippen LogP contribution in [-0.2, 0) is 20.7 Å². The maximum absolute atomic E-state index is 13.6. The molecule has 1 saturated heterocycles. The Balaban J connectivity index is 1.10. The molecule has 252 valence electrons. The average Bonchev–Trinajstić information content (AvgIpc) is 3.12. The van der Waals surface area contributed by atoms with Crippen LogP contribution in [-0.4, -0.2) is 77.2 Å². The van der Waals surface area contributed by atoms with Gasteiger partial charge in [-0.25, -0.2) is 15.0 Å². The SMILES string of the molecule is Nc1ncc(-c2cc(C3=CCN(C(=O)Cc4ccc(NC(=O)C=C(c5ccccc5)C(F)(F)F)cc4)CC3)cc(N3CCOCC3)n2)cn1. The molecule has 0 unspecified atom stereocenters. The highest BCUT2D eigenvalue weighted by Gasteiger charge is 2.35. The Kier molecular flexibility index (Phi) is 10.00. The lowest BCUT2D eigenvalue weighted by Crippen LogP contribution is -2.37. The summed E-state index contributed by atoms with van der Waals surface area (Å²) in [5.74, 6) is 0.0533. The number of alkyl halides is 3. The first kappa shape index (κ1) is 33.3. The van der Waals surface area contributed by atoms with E-state index in [1.165, 1.54) is 24.3 Å². The lowest BCUT2D eigenvalue weighted by Gasteiger charge is -2.30. The molecule has 2 aliphatic heterocycles. The van der Waals surface area contributed by atoms with Gasteiger partial charge in [0.2, 0.25) is 17.8 Å². The Morgan fingerprint density at radius 1 is 0.939 bits per heavy atom. The number of ether oxygens (including phenoxy) is 1. The summed E-state index contributed by atoms with van der Waals surface area (Å²) >= 11 is 0. The van der Waals surface area contributed by atoms with Gasteiger partial charge in [0.05, 0.1) is 30.9 Å². The van der Waals surface area contributed by atoms with E-state index in [1.54, 1.807) is 47.6 Å². The van der Waals surface area contributed by atoms with Crippen molar-refractivity contribution in [3.05, 3.63) is 108 Å². The summed E-state index contributed by atoms with van der Waals surface area (Å²) in [6.45, 7) is 3.67. The number of aromatic nitrogens is 3. The van der Waals surface area contributed by atoms with E-state index in [4.69, 9.17) is 15.5 Å². The van der Waals surface area contributed by atoms with Crippen molar-refractivity contribution in [3.63, 3.8) is 0 Å². The van der Waals surface area contributed by atoms with Crippen LogP contribution in [0.15, 0.2) is 91.3 Å². The third kappa shape index (κ3) is 8.49. The molecule has 2 aromatic carbocycles. The van der Waals surface area contributed by atoms with Crippen molar-refractivity contribution in [1.82, 2.24) is 19.9 Å². The zero-order chi connectivity index (χ0) is 34.4. The van der Waals surface area contributed by atoms with E-state index in [1.807, 2.05) is 6.07 Å². The van der Waals surface area contributed by atoms with Crippen molar-refractivity contribution in [2.45, 2.75) is 19.0 Å². The van der Waals surface area contributed by atoms with Gasteiger partial charge in [0.15, 0.2) is 0 Å². The highest BCUT2D eigenvalue weighted by atomic mass is 19.4. The molecule has 4 aromatic rings. The van der Waals surface area contributed by atoms with Crippen LogP contribution in [0.5, 0.6) is 0 Å². The molecule has 6 rings (SSSR count). The average molecular weight is 670 g/mol. The molecular formula is C36H34F3N7O3. The van der Waals surface area contributed by atoms with Gasteiger partial charge in [-0.2, -0.15) is 13.2 Å². The van der Waals surface area contributed by atoms with Crippen LogP contribution >= 0.6 is 0 Å². The van der Waals surface area contributed by atoms with E-state index >= 15 is 0 Å². The Morgan fingerprint density at radius 2 is 1.65 bits per heavy atom. The molecule has 0 atom stereocenters. The van der Waals surface area contributed by atoms with Crippen molar-refractivity contribution in [2.24, 2.45) is 0 Å². The minimum absolute atomic E-state index is 0.0591. The molecule has 0 radical (unpaired) electrons. The standard InChI is InChI=1S/C36H34F3N7O3/c37-36(38,39)30(26-4-2-1-3-5-26)21-33(47)43-29-8-6-24(7-9-29)18-34(48)46-12-10-25(11-13-46)27-19-31(28-22-41-35(40)42-23-28)44-32(20-27)45-14-16-49-17-15-45/h1-10,19-23H,11-18H2,(H,43,47)(H2,40,41,42). The van der Waals surface area contributed by atoms with Crippen LogP contribution in [0.25, 0.3) is 22.4 Å². The fourth-order valence-corrected chi connectivity index (χ4v) is 5.68. The molecule has 0 bridgehead atoms. The number of rotatable bonds is 8. The van der Waals surface area contributed by atoms with Gasteiger partial charge in [0.25, 0.3) is 0 Å². The zero-order valence-corrected chi connectivity index (χ0v) is 26.5. The van der Waals surface area contributed by atoms with Crippen LogP contribution in [0.2, 0.25) is 0 Å². The smallest absolute Gasteiger partial charge is 0.378 e. The number of nitrogens with zero attached hydrogens (tertiary/aromatic N) is 5. The van der Waals surface area contributed by atoms with E-state index in [2.05, 4.69) is 32.3 Å².